The maximum Gasteiger partial charge on any atom is 0.311 e. The van der Waals surface area contributed by atoms with Crippen molar-refractivity contribution in [1.29, 1.82) is 0 Å². The molecule has 1 unspecified atom stereocenters. The molecular weight excluding hydrogens is 460 g/mol. The molecule has 208 valence electrons. The number of aromatic hydroxyl groups is 2. The van der Waals surface area contributed by atoms with Crippen molar-refractivity contribution in [2.24, 2.45) is 34.5 Å². The van der Waals surface area contributed by atoms with Crippen molar-refractivity contribution in [3.63, 3.8) is 0 Å². The highest BCUT2D eigenvalue weighted by molar-refractivity contribution is 5.75. The number of allylic oxidation sites excluding steroid dienone is 1. The highest BCUT2D eigenvalue weighted by atomic mass is 16.5. The zero-order valence-corrected chi connectivity index (χ0v) is 25.1. The molecule has 3 aliphatic rings. The van der Waals surface area contributed by atoms with Gasteiger partial charge in [0, 0.05) is 11.5 Å². The van der Waals surface area contributed by atoms with Crippen LogP contribution in [0.3, 0.4) is 0 Å². The van der Waals surface area contributed by atoms with Gasteiger partial charge in [-0.25, -0.2) is 0 Å². The Morgan fingerprint density at radius 3 is 2.16 bits per heavy atom. The Balaban J connectivity index is 1.94. The van der Waals surface area contributed by atoms with Gasteiger partial charge in [-0.1, -0.05) is 73.8 Å². The first-order valence-corrected chi connectivity index (χ1v) is 14.5. The normalized spacial score (nSPS) is 23.9. The molecule has 0 spiro atoms. The lowest BCUT2D eigenvalue weighted by atomic mass is 9.45. The molecule has 2 bridgehead atoms. The van der Waals surface area contributed by atoms with E-state index < -0.39 is 5.41 Å². The van der Waals surface area contributed by atoms with E-state index in [1.165, 1.54) is 19.3 Å². The minimum atomic E-state index is -0.546. The van der Waals surface area contributed by atoms with Crippen LogP contribution in [0.1, 0.15) is 118 Å². The maximum absolute atomic E-state index is 12.4. The first-order valence-electron chi connectivity index (χ1n) is 14.5. The molecule has 2 N–H and O–H groups in total. The second-order valence-electron chi connectivity index (χ2n) is 14.3. The lowest BCUT2D eigenvalue weighted by molar-refractivity contribution is -0.152. The summed E-state index contributed by atoms with van der Waals surface area (Å²) in [4.78, 5) is 12.4. The molecule has 0 aromatic heterocycles. The third-order valence-corrected chi connectivity index (χ3v) is 9.66. The molecule has 4 rings (SSSR count). The molecule has 0 amide bonds. The van der Waals surface area contributed by atoms with Gasteiger partial charge < -0.3 is 14.9 Å². The van der Waals surface area contributed by atoms with Gasteiger partial charge in [0.05, 0.1) is 5.41 Å². The van der Waals surface area contributed by atoms with Gasteiger partial charge >= 0.3 is 5.97 Å². The molecule has 1 saturated carbocycles. The Morgan fingerprint density at radius 2 is 1.68 bits per heavy atom. The molecule has 1 aromatic carbocycles. The molecule has 4 nitrogen and oxygen atoms in total. The third-order valence-electron chi connectivity index (χ3n) is 9.66. The lowest BCUT2D eigenvalue weighted by Crippen LogP contribution is -2.52. The van der Waals surface area contributed by atoms with Gasteiger partial charge in [-0.3, -0.25) is 4.79 Å². The van der Waals surface area contributed by atoms with Crippen LogP contribution in [0.4, 0.5) is 0 Å². The Labute approximate surface area is 225 Å². The second-order valence-corrected chi connectivity index (χ2v) is 14.3. The molecular formula is C33H52O4. The smallest absolute Gasteiger partial charge is 0.311 e. The topological polar surface area (TPSA) is 66.8 Å². The van der Waals surface area contributed by atoms with E-state index in [0.29, 0.717) is 29.2 Å². The number of phenols is 2. The Bertz CT molecular complexity index is 985. The number of benzene rings is 1. The van der Waals surface area contributed by atoms with Crippen molar-refractivity contribution in [3.8, 4) is 11.5 Å². The van der Waals surface area contributed by atoms with Crippen LogP contribution in [0.2, 0.25) is 0 Å². The fraction of sp³-hybridized carbons (Fsp3) is 0.727. The van der Waals surface area contributed by atoms with Crippen molar-refractivity contribution < 1.29 is 19.7 Å². The van der Waals surface area contributed by atoms with E-state index in [1.54, 1.807) is 0 Å². The molecule has 0 saturated heterocycles. The SMILES string of the molecule is CCCCCC(C(C)C)C(C)(C)c1cc(O)c([C@H]2C=C(COC(=O)C(C)(C)C)[C@H]3C[C@@H]2C3(C)C)c(O)c1. The van der Waals surface area contributed by atoms with Gasteiger partial charge in [-0.2, -0.15) is 0 Å². The average Bonchev–Trinajstić information content (AvgIpc) is 2.78. The second kappa shape index (κ2) is 10.7. The molecule has 0 heterocycles. The van der Waals surface area contributed by atoms with Gasteiger partial charge in [0.2, 0.25) is 0 Å². The van der Waals surface area contributed by atoms with Gasteiger partial charge in [0.25, 0.3) is 0 Å². The quantitative estimate of drug-likeness (QED) is 0.187. The summed E-state index contributed by atoms with van der Waals surface area (Å²) in [7, 11) is 0. The van der Waals surface area contributed by atoms with Gasteiger partial charge in [-0.05, 0) is 91.4 Å². The van der Waals surface area contributed by atoms with Crippen molar-refractivity contribution >= 4 is 5.97 Å². The summed E-state index contributed by atoms with van der Waals surface area (Å²) in [6.45, 7) is 21.7. The fourth-order valence-electron chi connectivity index (χ4n) is 7.15. The van der Waals surface area contributed by atoms with Crippen LogP contribution in [0.5, 0.6) is 11.5 Å². The number of rotatable bonds is 10. The van der Waals surface area contributed by atoms with E-state index in [9.17, 15) is 15.0 Å². The summed E-state index contributed by atoms with van der Waals surface area (Å²) in [6, 6.07) is 3.80. The summed E-state index contributed by atoms with van der Waals surface area (Å²) in [6.07, 6.45) is 7.91. The highest BCUT2D eigenvalue weighted by Crippen LogP contribution is 2.65. The van der Waals surface area contributed by atoms with Crippen molar-refractivity contribution in [3.05, 3.63) is 34.9 Å². The predicted molar refractivity (Wildman–Crippen MR) is 152 cm³/mol. The Morgan fingerprint density at radius 1 is 1.08 bits per heavy atom. The number of carbonyl (C=O) groups is 1. The summed E-state index contributed by atoms with van der Waals surface area (Å²) in [5.74, 6) is 1.68. The fourth-order valence-corrected chi connectivity index (χ4v) is 7.15. The van der Waals surface area contributed by atoms with Gasteiger partial charge in [0.1, 0.15) is 18.1 Å². The summed E-state index contributed by atoms with van der Waals surface area (Å²) >= 11 is 0. The van der Waals surface area contributed by atoms with Crippen LogP contribution in [-0.2, 0) is 14.9 Å². The molecule has 0 aliphatic heterocycles. The van der Waals surface area contributed by atoms with Crippen molar-refractivity contribution in [1.82, 2.24) is 0 Å². The molecule has 3 aliphatic carbocycles. The van der Waals surface area contributed by atoms with Crippen LogP contribution >= 0.6 is 0 Å². The zero-order chi connectivity index (χ0) is 27.9. The first-order chi connectivity index (χ1) is 17.0. The minimum absolute atomic E-state index is 0.0156. The predicted octanol–water partition coefficient (Wildman–Crippen LogP) is 8.50. The van der Waals surface area contributed by atoms with E-state index in [1.807, 2.05) is 32.9 Å². The average molecular weight is 513 g/mol. The Kier molecular flexibility index (Phi) is 8.52. The van der Waals surface area contributed by atoms with Crippen molar-refractivity contribution in [2.75, 3.05) is 6.61 Å². The Hall–Kier alpha value is -1.97. The summed E-state index contributed by atoms with van der Waals surface area (Å²) in [5.41, 5.74) is 2.01. The number of hydrogen-bond acceptors (Lipinski definition) is 4. The molecule has 0 radical (unpaired) electrons. The molecule has 4 atom stereocenters. The maximum atomic E-state index is 12.4. The van der Waals surface area contributed by atoms with E-state index in [4.69, 9.17) is 4.74 Å². The van der Waals surface area contributed by atoms with Crippen LogP contribution in [0.15, 0.2) is 23.8 Å². The van der Waals surface area contributed by atoms with Crippen LogP contribution < -0.4 is 0 Å². The van der Waals surface area contributed by atoms with Gasteiger partial charge in [-0.15, -0.1) is 0 Å². The number of fused-ring (bicyclic) bond motifs is 1. The number of hydrogen-bond donors (Lipinski definition) is 2. The summed E-state index contributed by atoms with van der Waals surface area (Å²) < 4.78 is 5.70. The largest absolute Gasteiger partial charge is 0.507 e. The molecule has 4 heteroatoms. The monoisotopic (exact) mass is 512 g/mol. The number of ether oxygens (including phenoxy) is 1. The zero-order valence-electron chi connectivity index (χ0n) is 25.1. The van der Waals surface area contributed by atoms with E-state index in [2.05, 4.69) is 54.5 Å². The lowest BCUT2D eigenvalue weighted by Gasteiger charge is -2.59. The summed E-state index contributed by atoms with van der Waals surface area (Å²) in [5, 5.41) is 22.7. The van der Waals surface area contributed by atoms with Crippen LogP contribution in [0, 0.1) is 34.5 Å². The number of phenolic OH excluding ortho intramolecular Hbond substituents is 2. The number of esters is 1. The van der Waals surface area contributed by atoms with Crippen LogP contribution in [0.25, 0.3) is 0 Å². The molecule has 1 aromatic rings. The number of carbonyl (C=O) groups excluding carboxylic acids is 1. The van der Waals surface area contributed by atoms with E-state index in [-0.39, 0.29) is 40.8 Å². The standard InChI is InChI=1S/C33H52O4/c1-11-12-13-14-24(20(2)3)32(7,8)22-16-27(34)29(28(35)17-22)23-15-21(19-37-30(36)31(4,5)6)25-18-26(23)33(25,9)10/h15-17,20,23-26,34-35H,11-14,18-19H2,1-10H3/t23-,24?,25+,26-/m0/s1. The van der Waals surface area contributed by atoms with Crippen molar-refractivity contribution in [2.45, 2.75) is 113 Å². The third kappa shape index (κ3) is 5.73. The molecule has 37 heavy (non-hydrogen) atoms. The van der Waals surface area contributed by atoms with Crippen LogP contribution in [-0.4, -0.2) is 22.8 Å². The van der Waals surface area contributed by atoms with E-state index in [0.717, 1.165) is 24.0 Å². The van der Waals surface area contributed by atoms with Gasteiger partial charge in [0.15, 0.2) is 0 Å². The molecule has 1 fully saturated rings. The minimum Gasteiger partial charge on any atom is -0.507 e. The first kappa shape index (κ1) is 29.6. The van der Waals surface area contributed by atoms with E-state index >= 15 is 0 Å². The number of unbranched alkanes of at least 4 members (excludes halogenated alkanes) is 2. The highest BCUT2D eigenvalue weighted by Gasteiger charge is 2.56.